The largest absolute Gasteiger partial charge is 0.490 e. The van der Waals surface area contributed by atoms with Crippen LogP contribution in [0.3, 0.4) is 0 Å². The third-order valence-corrected chi connectivity index (χ3v) is 3.76. The van der Waals surface area contributed by atoms with Gasteiger partial charge in [-0.05, 0) is 43.9 Å². The zero-order valence-electron chi connectivity index (χ0n) is 11.3. The summed E-state index contributed by atoms with van der Waals surface area (Å²) in [4.78, 5) is 0. The van der Waals surface area contributed by atoms with Crippen molar-refractivity contribution in [2.24, 2.45) is 5.73 Å². The van der Waals surface area contributed by atoms with Gasteiger partial charge >= 0.3 is 0 Å². The van der Waals surface area contributed by atoms with E-state index in [1.807, 2.05) is 26.0 Å². The third kappa shape index (κ3) is 3.03. The standard InChI is InChI=1S/C15H23NO2/c1-11-9-13(12(2)16)5-6-14(11)18-10-15(17)7-3-4-8-15/h5-6,9,12,17H,3-4,7-8,10,16H2,1-2H3/t12-/m1/s1. The number of nitrogens with two attached hydrogens (primary N) is 1. The molecule has 0 aromatic heterocycles. The predicted molar refractivity (Wildman–Crippen MR) is 72.7 cm³/mol. The van der Waals surface area contributed by atoms with E-state index >= 15 is 0 Å². The van der Waals surface area contributed by atoms with Crippen LogP contribution in [0.25, 0.3) is 0 Å². The van der Waals surface area contributed by atoms with Gasteiger partial charge in [-0.1, -0.05) is 25.0 Å². The molecule has 3 N–H and O–H groups in total. The lowest BCUT2D eigenvalue weighted by molar-refractivity contribution is 0.00122. The van der Waals surface area contributed by atoms with Gasteiger partial charge < -0.3 is 15.6 Å². The molecular formula is C15H23NO2. The van der Waals surface area contributed by atoms with E-state index < -0.39 is 5.60 Å². The number of aliphatic hydroxyl groups is 1. The molecule has 0 unspecified atom stereocenters. The summed E-state index contributed by atoms with van der Waals surface area (Å²) < 4.78 is 5.77. The fourth-order valence-electron chi connectivity index (χ4n) is 2.51. The highest BCUT2D eigenvalue weighted by Crippen LogP contribution is 2.31. The maximum atomic E-state index is 10.2. The van der Waals surface area contributed by atoms with Crippen LogP contribution in [0, 0.1) is 6.92 Å². The van der Waals surface area contributed by atoms with Gasteiger partial charge in [0.05, 0.1) is 5.60 Å². The van der Waals surface area contributed by atoms with Gasteiger partial charge in [0.1, 0.15) is 12.4 Å². The minimum atomic E-state index is -0.619. The van der Waals surface area contributed by atoms with Crippen LogP contribution in [-0.2, 0) is 0 Å². The van der Waals surface area contributed by atoms with Crippen molar-refractivity contribution in [1.29, 1.82) is 0 Å². The summed E-state index contributed by atoms with van der Waals surface area (Å²) in [5, 5.41) is 10.2. The Morgan fingerprint density at radius 2 is 2.06 bits per heavy atom. The molecule has 18 heavy (non-hydrogen) atoms. The molecule has 1 aromatic carbocycles. The Bertz CT molecular complexity index is 409. The normalized spacial score (nSPS) is 19.8. The summed E-state index contributed by atoms with van der Waals surface area (Å²) in [7, 11) is 0. The molecule has 1 aromatic rings. The second-order valence-corrected chi connectivity index (χ2v) is 5.53. The van der Waals surface area contributed by atoms with Crippen LogP contribution in [0.5, 0.6) is 5.75 Å². The average Bonchev–Trinajstić information content (AvgIpc) is 2.75. The lowest BCUT2D eigenvalue weighted by Gasteiger charge is -2.23. The Labute approximate surface area is 109 Å². The molecule has 0 spiro atoms. The van der Waals surface area contributed by atoms with Crippen molar-refractivity contribution in [3.05, 3.63) is 29.3 Å². The molecule has 0 saturated heterocycles. The molecule has 1 aliphatic rings. The van der Waals surface area contributed by atoms with Gasteiger partial charge in [0, 0.05) is 6.04 Å². The van der Waals surface area contributed by atoms with Gasteiger partial charge in [-0.15, -0.1) is 0 Å². The molecular weight excluding hydrogens is 226 g/mol. The van der Waals surface area contributed by atoms with Gasteiger partial charge in [-0.2, -0.15) is 0 Å². The lowest BCUT2D eigenvalue weighted by Crippen LogP contribution is -2.32. The van der Waals surface area contributed by atoms with E-state index in [1.54, 1.807) is 0 Å². The highest BCUT2D eigenvalue weighted by molar-refractivity contribution is 5.37. The van der Waals surface area contributed by atoms with Crippen LogP contribution >= 0.6 is 0 Å². The van der Waals surface area contributed by atoms with E-state index in [-0.39, 0.29) is 6.04 Å². The molecule has 1 atom stereocenters. The van der Waals surface area contributed by atoms with E-state index in [4.69, 9.17) is 10.5 Å². The Morgan fingerprint density at radius 1 is 1.39 bits per heavy atom. The first-order valence-corrected chi connectivity index (χ1v) is 6.71. The van der Waals surface area contributed by atoms with Crippen LogP contribution < -0.4 is 10.5 Å². The number of aryl methyl sites for hydroxylation is 1. The SMILES string of the molecule is Cc1cc([C@@H](C)N)ccc1OCC1(O)CCCC1. The van der Waals surface area contributed by atoms with Gasteiger partial charge in [-0.25, -0.2) is 0 Å². The maximum absolute atomic E-state index is 10.2. The fraction of sp³-hybridized carbons (Fsp3) is 0.600. The van der Waals surface area contributed by atoms with Crippen molar-refractivity contribution in [3.8, 4) is 5.75 Å². The Hall–Kier alpha value is -1.06. The first-order valence-electron chi connectivity index (χ1n) is 6.71. The molecule has 0 aliphatic heterocycles. The van der Waals surface area contributed by atoms with Gasteiger partial charge in [-0.3, -0.25) is 0 Å². The third-order valence-electron chi connectivity index (χ3n) is 3.76. The quantitative estimate of drug-likeness (QED) is 0.862. The van der Waals surface area contributed by atoms with Gasteiger partial charge in [0.15, 0.2) is 0 Å². The summed E-state index contributed by atoms with van der Waals surface area (Å²) in [6, 6.07) is 6.04. The number of benzene rings is 1. The van der Waals surface area contributed by atoms with Crippen LogP contribution in [0.4, 0.5) is 0 Å². The fourth-order valence-corrected chi connectivity index (χ4v) is 2.51. The second-order valence-electron chi connectivity index (χ2n) is 5.53. The molecule has 0 heterocycles. The minimum absolute atomic E-state index is 0.0387. The monoisotopic (exact) mass is 249 g/mol. The second kappa shape index (κ2) is 5.29. The predicted octanol–water partition coefficient (Wildman–Crippen LogP) is 2.70. The highest BCUT2D eigenvalue weighted by atomic mass is 16.5. The van der Waals surface area contributed by atoms with Crippen molar-refractivity contribution in [2.75, 3.05) is 6.61 Å². The average molecular weight is 249 g/mol. The Kier molecular flexibility index (Phi) is 3.93. The maximum Gasteiger partial charge on any atom is 0.122 e. The number of rotatable bonds is 4. The smallest absolute Gasteiger partial charge is 0.122 e. The molecule has 2 rings (SSSR count). The lowest BCUT2D eigenvalue weighted by atomic mass is 10.0. The summed E-state index contributed by atoms with van der Waals surface area (Å²) in [6.07, 6.45) is 3.90. The summed E-state index contributed by atoms with van der Waals surface area (Å²) >= 11 is 0. The molecule has 0 amide bonds. The van der Waals surface area contributed by atoms with Crippen molar-refractivity contribution < 1.29 is 9.84 Å². The van der Waals surface area contributed by atoms with E-state index in [1.165, 1.54) is 0 Å². The molecule has 3 heteroatoms. The zero-order valence-corrected chi connectivity index (χ0v) is 11.3. The highest BCUT2D eigenvalue weighted by Gasteiger charge is 2.31. The van der Waals surface area contributed by atoms with E-state index in [2.05, 4.69) is 6.07 Å². The first-order chi connectivity index (χ1) is 8.50. The van der Waals surface area contributed by atoms with Crippen molar-refractivity contribution in [1.82, 2.24) is 0 Å². The zero-order chi connectivity index (χ0) is 13.2. The molecule has 3 nitrogen and oxygen atoms in total. The number of hydrogen-bond acceptors (Lipinski definition) is 3. The van der Waals surface area contributed by atoms with Crippen molar-refractivity contribution in [3.63, 3.8) is 0 Å². The van der Waals surface area contributed by atoms with Crippen LogP contribution in [0.2, 0.25) is 0 Å². The van der Waals surface area contributed by atoms with E-state index in [0.717, 1.165) is 42.6 Å². The molecule has 1 saturated carbocycles. The molecule has 0 radical (unpaired) electrons. The van der Waals surface area contributed by atoms with Crippen LogP contribution in [-0.4, -0.2) is 17.3 Å². The molecule has 100 valence electrons. The van der Waals surface area contributed by atoms with E-state index in [9.17, 15) is 5.11 Å². The van der Waals surface area contributed by atoms with Crippen molar-refractivity contribution in [2.45, 2.75) is 51.2 Å². The Balaban J connectivity index is 2.01. The van der Waals surface area contributed by atoms with Gasteiger partial charge in [0.2, 0.25) is 0 Å². The first kappa shape index (κ1) is 13.4. The van der Waals surface area contributed by atoms with E-state index in [0.29, 0.717) is 6.61 Å². The summed E-state index contributed by atoms with van der Waals surface area (Å²) in [6.45, 7) is 4.38. The minimum Gasteiger partial charge on any atom is -0.490 e. The van der Waals surface area contributed by atoms with Crippen LogP contribution in [0.1, 0.15) is 49.8 Å². The Morgan fingerprint density at radius 3 is 2.61 bits per heavy atom. The summed E-state index contributed by atoms with van der Waals surface area (Å²) in [5.41, 5.74) is 7.41. The number of hydrogen-bond donors (Lipinski definition) is 2. The molecule has 1 fully saturated rings. The summed E-state index contributed by atoms with van der Waals surface area (Å²) in [5.74, 6) is 0.847. The number of ether oxygens (including phenoxy) is 1. The molecule has 1 aliphatic carbocycles. The topological polar surface area (TPSA) is 55.5 Å². The van der Waals surface area contributed by atoms with Crippen molar-refractivity contribution >= 4 is 0 Å². The van der Waals surface area contributed by atoms with Gasteiger partial charge in [0.25, 0.3) is 0 Å². The van der Waals surface area contributed by atoms with Crippen LogP contribution in [0.15, 0.2) is 18.2 Å². The molecule has 0 bridgehead atoms.